The van der Waals surface area contributed by atoms with Gasteiger partial charge in [0.15, 0.2) is 0 Å². The number of halogens is 1. The standard InChI is InChI=1S/C33H44BrN8O4P/c1-21(40-46-16-15-43)24-17-27(30(45-4)18-29(24)42-13-11-22(12-14-42)41(2)3)38-33-36-19-25(34)32(39-33)37-28-20-35-26-10-8-7-9-23(26)31(28)47(5,6)44/h7-10,17-20,22,28,31,43H,11-16H2,1-6H3,(H2,36,37,38,39)/b40-21+. The van der Waals surface area contributed by atoms with Crippen molar-refractivity contribution in [3.8, 4) is 5.75 Å². The highest BCUT2D eigenvalue weighted by Gasteiger charge is 2.36. The van der Waals surface area contributed by atoms with Crippen molar-refractivity contribution in [3.05, 3.63) is 58.2 Å². The molecule has 5 rings (SSSR count). The van der Waals surface area contributed by atoms with Crippen LogP contribution in [-0.2, 0) is 9.40 Å². The summed E-state index contributed by atoms with van der Waals surface area (Å²) in [5, 5.41) is 20.3. The molecule has 252 valence electrons. The summed E-state index contributed by atoms with van der Waals surface area (Å²) in [6.07, 6.45) is 5.56. The van der Waals surface area contributed by atoms with E-state index in [2.05, 4.69) is 65.6 Å². The Morgan fingerprint density at radius 1 is 1.21 bits per heavy atom. The summed E-state index contributed by atoms with van der Waals surface area (Å²) in [6.45, 7) is 7.26. The number of methoxy groups -OCH3 is 1. The Balaban J connectivity index is 1.46. The van der Waals surface area contributed by atoms with Gasteiger partial charge in [0.25, 0.3) is 0 Å². The fraction of sp³-hybridized carbons (Fsp3) is 0.455. The van der Waals surface area contributed by atoms with Crippen LogP contribution in [-0.4, -0.2) is 105 Å². The van der Waals surface area contributed by atoms with Crippen LogP contribution in [0.25, 0.3) is 0 Å². The van der Waals surface area contributed by atoms with Crippen LogP contribution in [0, 0.1) is 0 Å². The largest absolute Gasteiger partial charge is 0.494 e. The third kappa shape index (κ3) is 8.14. The monoisotopic (exact) mass is 726 g/mol. The first-order valence-electron chi connectivity index (χ1n) is 15.6. The second kappa shape index (κ2) is 15.1. The second-order valence-electron chi connectivity index (χ2n) is 12.4. The Labute approximate surface area is 285 Å². The number of anilines is 4. The molecule has 3 aromatic rings. The maximum Gasteiger partial charge on any atom is 0.229 e. The summed E-state index contributed by atoms with van der Waals surface area (Å²) in [5.74, 6) is 1.50. The maximum absolute atomic E-state index is 13.5. The zero-order valence-electron chi connectivity index (χ0n) is 27.8. The molecular formula is C33H44BrN8O4P. The van der Waals surface area contributed by atoms with E-state index in [0.29, 0.717) is 39.4 Å². The van der Waals surface area contributed by atoms with Crippen LogP contribution >= 0.6 is 23.1 Å². The van der Waals surface area contributed by atoms with E-state index in [0.717, 1.165) is 48.4 Å². The molecule has 0 aliphatic carbocycles. The van der Waals surface area contributed by atoms with Gasteiger partial charge in [-0.15, -0.1) is 0 Å². The lowest BCUT2D eigenvalue weighted by Gasteiger charge is -2.37. The first kappa shape index (κ1) is 34.8. The van der Waals surface area contributed by atoms with Crippen molar-refractivity contribution in [3.63, 3.8) is 0 Å². The van der Waals surface area contributed by atoms with Crippen LogP contribution in [0.1, 0.15) is 36.6 Å². The van der Waals surface area contributed by atoms with Gasteiger partial charge in [0.05, 0.1) is 54.1 Å². The molecule has 1 saturated heterocycles. The highest BCUT2D eigenvalue weighted by molar-refractivity contribution is 9.10. The zero-order valence-corrected chi connectivity index (χ0v) is 30.3. The predicted octanol–water partition coefficient (Wildman–Crippen LogP) is 6.12. The number of para-hydroxylation sites is 1. The third-order valence-corrected chi connectivity index (χ3v) is 11.1. The number of hydrogen-bond acceptors (Lipinski definition) is 12. The van der Waals surface area contributed by atoms with Crippen LogP contribution < -0.4 is 20.3 Å². The maximum atomic E-state index is 13.5. The normalized spacial score (nSPS) is 18.7. The van der Waals surface area contributed by atoms with Crippen molar-refractivity contribution in [2.24, 2.45) is 10.1 Å². The Morgan fingerprint density at radius 2 is 1.96 bits per heavy atom. The van der Waals surface area contributed by atoms with Crippen LogP contribution in [0.5, 0.6) is 5.75 Å². The number of aromatic nitrogens is 2. The average Bonchev–Trinajstić information content (AvgIpc) is 3.05. The summed E-state index contributed by atoms with van der Waals surface area (Å²) >= 11 is 3.59. The molecule has 0 saturated carbocycles. The number of aliphatic hydroxyl groups excluding tert-OH is 1. The molecule has 0 amide bonds. The number of aliphatic hydroxyl groups is 1. The molecule has 3 N–H and O–H groups in total. The number of benzene rings is 2. The van der Waals surface area contributed by atoms with Gasteiger partial charge in [-0.3, -0.25) is 4.99 Å². The highest BCUT2D eigenvalue weighted by Crippen LogP contribution is 2.57. The Morgan fingerprint density at radius 3 is 2.64 bits per heavy atom. The van der Waals surface area contributed by atoms with Gasteiger partial charge in [-0.25, -0.2) is 4.98 Å². The number of fused-ring (bicyclic) bond motifs is 1. The molecule has 2 aromatic carbocycles. The Hall–Kier alpha value is -3.51. The SMILES string of the molecule is COc1cc(N2CCC(N(C)C)CC2)c(/C(C)=N/OCCO)cc1Nc1ncc(Br)c(NC2C=Nc3ccccc3C2P(C)(C)=O)n1. The van der Waals surface area contributed by atoms with Crippen molar-refractivity contribution < 1.29 is 19.2 Å². The number of piperidine rings is 1. The van der Waals surface area contributed by atoms with E-state index < -0.39 is 7.14 Å². The van der Waals surface area contributed by atoms with E-state index in [1.54, 1.807) is 13.3 Å². The number of nitrogens with one attached hydrogen (secondary N) is 2. The van der Waals surface area contributed by atoms with Crippen LogP contribution in [0.3, 0.4) is 0 Å². The Kier molecular flexibility index (Phi) is 11.2. The summed E-state index contributed by atoms with van der Waals surface area (Å²) in [4.78, 5) is 24.0. The van der Waals surface area contributed by atoms with Crippen LogP contribution in [0.15, 0.2) is 57.2 Å². The van der Waals surface area contributed by atoms with Crippen molar-refractivity contribution in [2.45, 2.75) is 37.5 Å². The van der Waals surface area contributed by atoms with E-state index in [4.69, 9.17) is 14.6 Å². The molecule has 14 heteroatoms. The lowest BCUT2D eigenvalue weighted by molar-refractivity contribution is 0.0986. The van der Waals surface area contributed by atoms with Gasteiger partial charge in [-0.05, 0) is 80.8 Å². The summed E-state index contributed by atoms with van der Waals surface area (Å²) in [5.41, 5.74) is 4.68. The number of oxime groups is 1. The van der Waals surface area contributed by atoms with E-state index in [1.165, 1.54) is 0 Å². The number of aliphatic imine (C=N–C) groups is 1. The number of rotatable bonds is 12. The molecule has 3 heterocycles. The van der Waals surface area contributed by atoms with E-state index in [-0.39, 0.29) is 24.9 Å². The van der Waals surface area contributed by atoms with Gasteiger partial charge in [-0.2, -0.15) is 4.98 Å². The number of hydrogen-bond donors (Lipinski definition) is 3. The average molecular weight is 728 g/mol. The zero-order chi connectivity index (χ0) is 33.7. The minimum Gasteiger partial charge on any atom is -0.494 e. The van der Waals surface area contributed by atoms with Crippen molar-refractivity contribution in [1.29, 1.82) is 0 Å². The van der Waals surface area contributed by atoms with Gasteiger partial charge in [0, 0.05) is 48.9 Å². The van der Waals surface area contributed by atoms with Gasteiger partial charge in [0.2, 0.25) is 5.95 Å². The van der Waals surface area contributed by atoms with Gasteiger partial charge < -0.3 is 39.7 Å². The summed E-state index contributed by atoms with van der Waals surface area (Å²) in [6, 6.07) is 12.0. The van der Waals surface area contributed by atoms with E-state index in [9.17, 15) is 9.67 Å². The molecule has 0 spiro atoms. The third-order valence-electron chi connectivity index (χ3n) is 8.56. The second-order valence-corrected chi connectivity index (χ2v) is 16.7. The first-order valence-corrected chi connectivity index (χ1v) is 19.1. The lowest BCUT2D eigenvalue weighted by Crippen LogP contribution is -2.42. The molecular weight excluding hydrogens is 683 g/mol. The molecule has 1 aromatic heterocycles. The molecule has 0 radical (unpaired) electrons. The molecule has 2 aliphatic heterocycles. The molecule has 47 heavy (non-hydrogen) atoms. The minimum atomic E-state index is -2.60. The fourth-order valence-electron chi connectivity index (χ4n) is 6.18. The van der Waals surface area contributed by atoms with Gasteiger partial charge in [0.1, 0.15) is 18.2 Å². The molecule has 2 aliphatic rings. The molecule has 2 unspecified atom stereocenters. The van der Waals surface area contributed by atoms with Crippen molar-refractivity contribution >= 4 is 63.8 Å². The first-order chi connectivity index (χ1) is 22.5. The van der Waals surface area contributed by atoms with Crippen molar-refractivity contribution in [2.75, 3.05) is 76.4 Å². The van der Waals surface area contributed by atoms with Crippen LogP contribution in [0.2, 0.25) is 0 Å². The minimum absolute atomic E-state index is 0.105. The lowest BCUT2D eigenvalue weighted by atomic mass is 10.00. The molecule has 2 atom stereocenters. The predicted molar refractivity (Wildman–Crippen MR) is 194 cm³/mol. The van der Waals surface area contributed by atoms with E-state index >= 15 is 0 Å². The number of ether oxygens (including phenoxy) is 1. The summed E-state index contributed by atoms with van der Waals surface area (Å²) in [7, 11) is 3.29. The summed E-state index contributed by atoms with van der Waals surface area (Å²) < 4.78 is 20.1. The molecule has 1 fully saturated rings. The van der Waals surface area contributed by atoms with Crippen molar-refractivity contribution in [1.82, 2.24) is 14.9 Å². The van der Waals surface area contributed by atoms with E-state index in [1.807, 2.05) is 62.9 Å². The number of nitrogens with zero attached hydrogens (tertiary/aromatic N) is 6. The fourth-order valence-corrected chi connectivity index (χ4v) is 8.30. The van der Waals surface area contributed by atoms with Gasteiger partial charge in [-0.1, -0.05) is 23.4 Å². The smallest absolute Gasteiger partial charge is 0.229 e. The Bertz CT molecular complexity index is 1670. The highest BCUT2D eigenvalue weighted by atomic mass is 79.9. The molecule has 0 bridgehead atoms. The quantitative estimate of drug-likeness (QED) is 0.0868. The van der Waals surface area contributed by atoms with Gasteiger partial charge >= 0.3 is 0 Å². The van der Waals surface area contributed by atoms with Crippen LogP contribution in [0.4, 0.5) is 28.8 Å². The molecule has 12 nitrogen and oxygen atoms in total. The topological polar surface area (TPSA) is 137 Å².